The summed E-state index contributed by atoms with van der Waals surface area (Å²) in [6.45, 7) is 4.69. The molecule has 0 aromatic heterocycles. The number of rotatable bonds is 15. The Balaban J connectivity index is 5.21. The Kier molecular flexibility index (Phi) is 13.8. The van der Waals surface area contributed by atoms with E-state index in [2.05, 4.69) is 10.6 Å². The van der Waals surface area contributed by atoms with Crippen LogP contribution in [0.25, 0.3) is 0 Å². The number of carbonyl (C=O) groups is 3. The number of hydrogen-bond acceptors (Lipinski definition) is 10. The first-order chi connectivity index (χ1) is 14.2. The molecule has 2 atom stereocenters. The van der Waals surface area contributed by atoms with Gasteiger partial charge >= 0.3 is 12.8 Å². The molecule has 0 aromatic carbocycles. The van der Waals surface area contributed by atoms with E-state index in [0.717, 1.165) is 23.1 Å². The van der Waals surface area contributed by atoms with Crippen molar-refractivity contribution in [2.45, 2.75) is 34.6 Å². The van der Waals surface area contributed by atoms with E-state index < -0.39 is 36.0 Å². The van der Waals surface area contributed by atoms with Crippen molar-refractivity contribution in [2.75, 3.05) is 51.9 Å². The predicted molar refractivity (Wildman–Crippen MR) is 126 cm³/mol. The Morgan fingerprint density at radius 2 is 1.65 bits per heavy atom. The van der Waals surface area contributed by atoms with Gasteiger partial charge in [-0.05, 0) is 58.3 Å². The maximum Gasteiger partial charge on any atom is 0.386 e. The number of ketones is 1. The third-order valence-corrected chi connectivity index (χ3v) is 8.69. The lowest BCUT2D eigenvalue weighted by Gasteiger charge is -2.27. The zero-order valence-electron chi connectivity index (χ0n) is 19.5. The molecule has 9 nitrogen and oxygen atoms in total. The van der Waals surface area contributed by atoms with Crippen LogP contribution in [0.1, 0.15) is 34.6 Å². The summed E-state index contributed by atoms with van der Waals surface area (Å²) < 4.78 is 22.7. The van der Waals surface area contributed by atoms with E-state index in [1.807, 2.05) is 0 Å². The molecule has 0 aliphatic heterocycles. The Bertz CT molecular complexity index is 652. The van der Waals surface area contributed by atoms with Gasteiger partial charge in [0.2, 0.25) is 0 Å². The standard InChI is InChI=1S/C19H37N2O7PS2/c1-8-27-16(23)19(5,15(22)12-30-17(24)18(2,3)4)13-28-29(25,26)31-11-14(9-20-6)10-21-7/h14,20-21H,8-13H2,1-7H3,(H,25,26). The molecule has 0 saturated carbocycles. The van der Waals surface area contributed by atoms with Crippen LogP contribution in [0.15, 0.2) is 0 Å². The minimum Gasteiger partial charge on any atom is -0.465 e. The molecule has 12 heteroatoms. The van der Waals surface area contributed by atoms with E-state index in [0.29, 0.717) is 18.8 Å². The quantitative estimate of drug-likeness (QED) is 0.174. The third-order valence-electron chi connectivity index (χ3n) is 4.26. The number of esters is 1. The molecule has 0 aliphatic carbocycles. The Morgan fingerprint density at radius 3 is 2.10 bits per heavy atom. The van der Waals surface area contributed by atoms with Gasteiger partial charge in [-0.1, -0.05) is 32.5 Å². The molecule has 0 aliphatic rings. The minimum atomic E-state index is -4.13. The smallest absolute Gasteiger partial charge is 0.386 e. The van der Waals surface area contributed by atoms with Crippen LogP contribution in [0.2, 0.25) is 0 Å². The molecule has 0 radical (unpaired) electrons. The van der Waals surface area contributed by atoms with E-state index in [1.165, 1.54) is 6.92 Å². The van der Waals surface area contributed by atoms with Crippen molar-refractivity contribution in [1.82, 2.24) is 10.6 Å². The summed E-state index contributed by atoms with van der Waals surface area (Å²) >= 11 is 1.56. The largest absolute Gasteiger partial charge is 0.465 e. The van der Waals surface area contributed by atoms with E-state index in [1.54, 1.807) is 41.8 Å². The summed E-state index contributed by atoms with van der Waals surface area (Å²) in [6.07, 6.45) is 0. The highest BCUT2D eigenvalue weighted by Gasteiger charge is 2.45. The van der Waals surface area contributed by atoms with Crippen molar-refractivity contribution in [3.8, 4) is 0 Å². The first kappa shape index (κ1) is 30.6. The molecule has 0 rings (SSSR count). The minimum absolute atomic E-state index is 0.0387. The molecular weight excluding hydrogens is 463 g/mol. The fraction of sp³-hybridized carbons (Fsp3) is 0.842. The lowest BCUT2D eigenvalue weighted by molar-refractivity contribution is -0.160. The summed E-state index contributed by atoms with van der Waals surface area (Å²) in [4.78, 5) is 47.7. The van der Waals surface area contributed by atoms with Gasteiger partial charge in [0.25, 0.3) is 0 Å². The Labute approximate surface area is 193 Å². The topological polar surface area (TPSA) is 131 Å². The van der Waals surface area contributed by atoms with Crippen LogP contribution in [0.3, 0.4) is 0 Å². The van der Waals surface area contributed by atoms with Crippen molar-refractivity contribution in [1.29, 1.82) is 0 Å². The Hall–Kier alpha value is -0.420. The van der Waals surface area contributed by atoms with Crippen molar-refractivity contribution in [3.63, 3.8) is 0 Å². The second-order valence-corrected chi connectivity index (χ2v) is 13.2. The third kappa shape index (κ3) is 11.3. The Morgan fingerprint density at radius 1 is 1.10 bits per heavy atom. The molecule has 31 heavy (non-hydrogen) atoms. The molecule has 0 fully saturated rings. The zero-order valence-corrected chi connectivity index (χ0v) is 22.0. The maximum absolute atomic E-state index is 12.8. The first-order valence-corrected chi connectivity index (χ1v) is 14.2. The van der Waals surface area contributed by atoms with Gasteiger partial charge in [0.1, 0.15) is 5.41 Å². The molecule has 0 saturated heterocycles. The SMILES string of the molecule is CCOC(=O)C(C)(COP(=O)(O)SCC(CNC)CNC)C(=O)CSC(=O)C(C)(C)C. The highest BCUT2D eigenvalue weighted by Crippen LogP contribution is 2.57. The van der Waals surface area contributed by atoms with Gasteiger partial charge < -0.3 is 20.3 Å². The average molecular weight is 501 g/mol. The number of nitrogens with one attached hydrogen (secondary N) is 2. The molecule has 2 unspecified atom stereocenters. The van der Waals surface area contributed by atoms with Gasteiger partial charge in [0.15, 0.2) is 10.9 Å². The molecule has 0 bridgehead atoms. The van der Waals surface area contributed by atoms with Crippen molar-refractivity contribution in [3.05, 3.63) is 0 Å². The van der Waals surface area contributed by atoms with Crippen molar-refractivity contribution >= 4 is 46.8 Å². The van der Waals surface area contributed by atoms with E-state index in [9.17, 15) is 23.8 Å². The number of hydrogen-bond donors (Lipinski definition) is 3. The van der Waals surface area contributed by atoms with Crippen LogP contribution in [-0.4, -0.2) is 73.7 Å². The predicted octanol–water partition coefficient (Wildman–Crippen LogP) is 2.34. The van der Waals surface area contributed by atoms with Gasteiger partial charge in [-0.2, -0.15) is 0 Å². The normalized spacial score (nSPS) is 15.9. The van der Waals surface area contributed by atoms with Crippen LogP contribution in [0, 0.1) is 16.7 Å². The lowest BCUT2D eigenvalue weighted by Crippen LogP contribution is -2.43. The van der Waals surface area contributed by atoms with Crippen molar-refractivity contribution in [2.24, 2.45) is 16.7 Å². The van der Waals surface area contributed by atoms with Crippen LogP contribution in [-0.2, 0) is 28.2 Å². The van der Waals surface area contributed by atoms with Crippen molar-refractivity contribution < 1.29 is 33.1 Å². The summed E-state index contributed by atoms with van der Waals surface area (Å²) in [5.74, 6) is -1.28. The number of thioether (sulfide) groups is 1. The summed E-state index contributed by atoms with van der Waals surface area (Å²) in [5.41, 5.74) is -2.44. The van der Waals surface area contributed by atoms with Gasteiger partial charge in [0, 0.05) is 11.2 Å². The number of carbonyl (C=O) groups excluding carboxylic acids is 3. The number of ether oxygens (including phenoxy) is 1. The number of Topliss-reactive ketones (excluding diaryl/α,β-unsaturated/α-hetero) is 1. The second-order valence-electron chi connectivity index (χ2n) is 8.32. The monoisotopic (exact) mass is 500 g/mol. The maximum atomic E-state index is 12.8. The second kappa shape index (κ2) is 14.0. The molecule has 0 heterocycles. The van der Waals surface area contributed by atoms with Gasteiger partial charge in [-0.25, -0.2) is 4.57 Å². The van der Waals surface area contributed by atoms with Crippen LogP contribution in [0.5, 0.6) is 0 Å². The highest BCUT2D eigenvalue weighted by molar-refractivity contribution is 8.54. The lowest BCUT2D eigenvalue weighted by atomic mass is 9.87. The molecule has 0 amide bonds. The summed E-state index contributed by atoms with van der Waals surface area (Å²) in [5, 5.41) is 5.85. The fourth-order valence-electron chi connectivity index (χ4n) is 2.27. The molecule has 0 aromatic rings. The summed E-state index contributed by atoms with van der Waals surface area (Å²) in [6, 6.07) is 0. The highest BCUT2D eigenvalue weighted by atomic mass is 32.7. The fourth-order valence-corrected chi connectivity index (χ4v) is 5.99. The zero-order chi connectivity index (χ0) is 24.3. The molecule has 0 spiro atoms. The van der Waals surface area contributed by atoms with E-state index in [-0.39, 0.29) is 23.4 Å². The van der Waals surface area contributed by atoms with Crippen LogP contribution < -0.4 is 10.6 Å². The van der Waals surface area contributed by atoms with Crippen LogP contribution >= 0.6 is 29.9 Å². The van der Waals surface area contributed by atoms with Crippen LogP contribution in [0.4, 0.5) is 0 Å². The molecule has 182 valence electrons. The van der Waals surface area contributed by atoms with E-state index in [4.69, 9.17) is 9.26 Å². The molecule has 3 N–H and O–H groups in total. The first-order valence-electron chi connectivity index (χ1n) is 10.0. The average Bonchev–Trinajstić information content (AvgIpc) is 2.68. The summed E-state index contributed by atoms with van der Waals surface area (Å²) in [7, 11) is 3.59. The van der Waals surface area contributed by atoms with Gasteiger partial charge in [0.05, 0.1) is 19.0 Å². The molecular formula is C19H37N2O7PS2. The van der Waals surface area contributed by atoms with E-state index >= 15 is 0 Å². The van der Waals surface area contributed by atoms with Gasteiger partial charge in [-0.3, -0.25) is 18.9 Å². The van der Waals surface area contributed by atoms with Gasteiger partial charge in [-0.15, -0.1) is 0 Å².